The van der Waals surface area contributed by atoms with Gasteiger partial charge in [-0.25, -0.2) is 0 Å². The second kappa shape index (κ2) is 6.49. The van der Waals surface area contributed by atoms with Crippen molar-refractivity contribution in [2.45, 2.75) is 12.6 Å². The Kier molecular flexibility index (Phi) is 3.94. The number of aromatic nitrogens is 3. The maximum atomic E-state index is 12.9. The van der Waals surface area contributed by atoms with Crippen LogP contribution in [0.15, 0.2) is 36.5 Å². The summed E-state index contributed by atoms with van der Waals surface area (Å²) in [4.78, 5) is 28.1. The molecule has 0 spiro atoms. The number of hydrogen-bond donors (Lipinski definition) is 3. The van der Waals surface area contributed by atoms with E-state index in [1.807, 2.05) is 24.4 Å². The Hall–Kier alpha value is -3.13. The summed E-state index contributed by atoms with van der Waals surface area (Å²) in [6.07, 6.45) is 1.89. The largest absolute Gasteiger partial charge is 0.381 e. The smallest absolute Gasteiger partial charge is 0.271 e. The normalized spacial score (nSPS) is 22.8. The van der Waals surface area contributed by atoms with Crippen LogP contribution in [0.25, 0.3) is 10.9 Å². The van der Waals surface area contributed by atoms with Crippen molar-refractivity contribution in [3.63, 3.8) is 0 Å². The molecule has 1 aromatic carbocycles. The molecule has 5 rings (SSSR count). The van der Waals surface area contributed by atoms with Crippen molar-refractivity contribution in [3.05, 3.63) is 53.5 Å². The topological polar surface area (TPSA) is 101 Å². The molecule has 2 fully saturated rings. The molecular weight excluding hydrogens is 358 g/mol. The zero-order chi connectivity index (χ0) is 19.3. The molecular formula is C20H21N5O3. The Morgan fingerprint density at radius 2 is 2.04 bits per heavy atom. The van der Waals surface area contributed by atoms with Gasteiger partial charge in [0, 0.05) is 42.7 Å². The summed E-state index contributed by atoms with van der Waals surface area (Å²) < 4.78 is 6.98. The second-order valence-corrected chi connectivity index (χ2v) is 7.42. The monoisotopic (exact) mass is 379 g/mol. The first-order valence-electron chi connectivity index (χ1n) is 9.38. The standard InChI is InChI=1S/C20H21N5O3/c1-21-19(26)16-7-17(20(27)23-18-13-9-28-10-14(13)18)25(24-16)8-11-2-3-15-12(6-11)4-5-22-15/h2-7,13-14,18,22H,8-10H2,1H3,(H,21,26)(H,23,27)/t13-,14+,18?. The van der Waals surface area contributed by atoms with Gasteiger partial charge in [0.25, 0.3) is 11.8 Å². The molecule has 8 heteroatoms. The molecule has 2 amide bonds. The minimum atomic E-state index is -0.314. The number of rotatable bonds is 5. The van der Waals surface area contributed by atoms with Crippen LogP contribution in [0.1, 0.15) is 26.5 Å². The quantitative estimate of drug-likeness (QED) is 0.619. The number of aromatic amines is 1. The maximum Gasteiger partial charge on any atom is 0.271 e. The van der Waals surface area contributed by atoms with E-state index in [2.05, 4.69) is 26.8 Å². The lowest BCUT2D eigenvalue weighted by atomic mass is 10.1. The minimum Gasteiger partial charge on any atom is -0.381 e. The summed E-state index contributed by atoms with van der Waals surface area (Å²) in [5, 5.41) is 11.1. The van der Waals surface area contributed by atoms with Crippen molar-refractivity contribution >= 4 is 22.7 Å². The fourth-order valence-corrected chi connectivity index (χ4v) is 4.01. The Morgan fingerprint density at radius 3 is 2.82 bits per heavy atom. The number of fused-ring (bicyclic) bond motifs is 2. The van der Waals surface area contributed by atoms with Gasteiger partial charge in [-0.2, -0.15) is 5.10 Å². The summed E-state index contributed by atoms with van der Waals surface area (Å²) in [6, 6.07) is 9.75. The minimum absolute atomic E-state index is 0.157. The Balaban J connectivity index is 1.42. The number of amides is 2. The predicted octanol–water partition coefficient (Wildman–Crippen LogP) is 1.15. The van der Waals surface area contributed by atoms with Crippen LogP contribution in [-0.4, -0.2) is 52.9 Å². The molecule has 1 aliphatic heterocycles. The van der Waals surface area contributed by atoms with Crippen molar-refractivity contribution in [2.24, 2.45) is 11.8 Å². The van der Waals surface area contributed by atoms with Crippen LogP contribution in [0, 0.1) is 11.8 Å². The third-order valence-electron chi connectivity index (χ3n) is 5.67. The first kappa shape index (κ1) is 17.0. The number of H-pyrrole nitrogens is 1. The lowest BCUT2D eigenvalue weighted by molar-refractivity contribution is 0.0917. The van der Waals surface area contributed by atoms with Crippen molar-refractivity contribution < 1.29 is 14.3 Å². The molecule has 28 heavy (non-hydrogen) atoms. The second-order valence-electron chi connectivity index (χ2n) is 7.42. The van der Waals surface area contributed by atoms with Gasteiger partial charge >= 0.3 is 0 Å². The van der Waals surface area contributed by atoms with Crippen LogP contribution < -0.4 is 10.6 Å². The van der Waals surface area contributed by atoms with Gasteiger partial charge in [0.15, 0.2) is 5.69 Å². The first-order valence-corrected chi connectivity index (χ1v) is 9.38. The lowest BCUT2D eigenvalue weighted by Crippen LogP contribution is -2.31. The van der Waals surface area contributed by atoms with Crippen LogP contribution in [0.3, 0.4) is 0 Å². The molecule has 2 aliphatic rings. The van der Waals surface area contributed by atoms with Crippen LogP contribution in [0.4, 0.5) is 0 Å². The van der Waals surface area contributed by atoms with Crippen molar-refractivity contribution in [1.82, 2.24) is 25.4 Å². The van der Waals surface area contributed by atoms with Gasteiger partial charge in [-0.1, -0.05) is 6.07 Å². The molecule has 1 unspecified atom stereocenters. The first-order chi connectivity index (χ1) is 13.6. The highest BCUT2D eigenvalue weighted by molar-refractivity contribution is 5.98. The van der Waals surface area contributed by atoms with Crippen molar-refractivity contribution in [1.29, 1.82) is 0 Å². The van der Waals surface area contributed by atoms with E-state index < -0.39 is 0 Å². The molecule has 3 atom stereocenters. The third-order valence-corrected chi connectivity index (χ3v) is 5.67. The van der Waals surface area contributed by atoms with E-state index in [1.165, 1.54) is 0 Å². The molecule has 144 valence electrons. The number of hydrogen-bond acceptors (Lipinski definition) is 4. The summed E-state index contributed by atoms with van der Waals surface area (Å²) in [5.74, 6) is 0.305. The third kappa shape index (κ3) is 2.86. The molecule has 8 nitrogen and oxygen atoms in total. The maximum absolute atomic E-state index is 12.9. The van der Waals surface area contributed by atoms with E-state index in [1.54, 1.807) is 17.8 Å². The molecule has 3 aromatic rings. The molecule has 3 N–H and O–H groups in total. The zero-order valence-corrected chi connectivity index (χ0v) is 15.4. The number of carbonyl (C=O) groups is 2. The summed E-state index contributed by atoms with van der Waals surface area (Å²) in [5.41, 5.74) is 2.67. The van der Waals surface area contributed by atoms with E-state index >= 15 is 0 Å². The Morgan fingerprint density at radius 1 is 1.21 bits per heavy atom. The van der Waals surface area contributed by atoms with E-state index in [0.29, 0.717) is 37.3 Å². The number of nitrogens with one attached hydrogen (secondary N) is 3. The number of nitrogens with zero attached hydrogens (tertiary/aromatic N) is 2. The van der Waals surface area contributed by atoms with E-state index in [4.69, 9.17) is 4.74 Å². The molecule has 1 aliphatic carbocycles. The number of ether oxygens (including phenoxy) is 1. The lowest BCUT2D eigenvalue weighted by Gasteiger charge is -2.10. The van der Waals surface area contributed by atoms with Crippen LogP contribution in [0.2, 0.25) is 0 Å². The van der Waals surface area contributed by atoms with Gasteiger partial charge in [-0.05, 0) is 29.1 Å². The predicted molar refractivity (Wildman–Crippen MR) is 102 cm³/mol. The average Bonchev–Trinajstić information content (AvgIpc) is 3.21. The molecule has 3 heterocycles. The van der Waals surface area contributed by atoms with Gasteiger partial charge in [0.2, 0.25) is 0 Å². The number of carbonyl (C=O) groups excluding carboxylic acids is 2. The Labute approximate surface area is 161 Å². The van der Waals surface area contributed by atoms with Gasteiger partial charge in [0.1, 0.15) is 5.69 Å². The van der Waals surface area contributed by atoms with Crippen LogP contribution in [-0.2, 0) is 11.3 Å². The Bertz CT molecular complexity index is 1060. The summed E-state index contributed by atoms with van der Waals surface area (Å²) in [6.45, 7) is 1.81. The van der Waals surface area contributed by atoms with Crippen molar-refractivity contribution in [3.8, 4) is 0 Å². The number of benzene rings is 1. The van der Waals surface area contributed by atoms with Gasteiger partial charge in [-0.3, -0.25) is 14.3 Å². The SMILES string of the molecule is CNC(=O)c1cc(C(=O)NC2[C@H]3COC[C@@H]23)n(Cc2ccc3[nH]ccc3c2)n1. The van der Waals surface area contributed by atoms with Crippen LogP contribution >= 0.6 is 0 Å². The van der Waals surface area contributed by atoms with Gasteiger partial charge < -0.3 is 20.4 Å². The highest BCUT2D eigenvalue weighted by atomic mass is 16.5. The average molecular weight is 379 g/mol. The molecule has 2 aromatic heterocycles. The highest BCUT2D eigenvalue weighted by Gasteiger charge is 2.54. The molecule has 0 radical (unpaired) electrons. The highest BCUT2D eigenvalue weighted by Crippen LogP contribution is 2.44. The van der Waals surface area contributed by atoms with E-state index in [0.717, 1.165) is 16.5 Å². The molecule has 0 bridgehead atoms. The van der Waals surface area contributed by atoms with E-state index in [-0.39, 0.29) is 23.6 Å². The molecule has 1 saturated heterocycles. The summed E-state index contributed by atoms with van der Waals surface area (Å²) >= 11 is 0. The van der Waals surface area contributed by atoms with Crippen molar-refractivity contribution in [2.75, 3.05) is 20.3 Å². The van der Waals surface area contributed by atoms with Gasteiger partial charge in [-0.15, -0.1) is 0 Å². The van der Waals surface area contributed by atoms with Gasteiger partial charge in [0.05, 0.1) is 19.8 Å². The zero-order valence-electron chi connectivity index (χ0n) is 15.4. The fourth-order valence-electron chi connectivity index (χ4n) is 4.01. The fraction of sp³-hybridized carbons (Fsp3) is 0.350. The van der Waals surface area contributed by atoms with Crippen LogP contribution in [0.5, 0.6) is 0 Å². The molecule has 1 saturated carbocycles. The summed E-state index contributed by atoms with van der Waals surface area (Å²) in [7, 11) is 1.55. The van der Waals surface area contributed by atoms with E-state index in [9.17, 15) is 9.59 Å².